The summed E-state index contributed by atoms with van der Waals surface area (Å²) >= 11 is 1.60. The van der Waals surface area contributed by atoms with Gasteiger partial charge < -0.3 is 14.4 Å². The number of methoxy groups -OCH3 is 2. The van der Waals surface area contributed by atoms with Gasteiger partial charge in [-0.3, -0.25) is 4.99 Å². The van der Waals surface area contributed by atoms with E-state index in [2.05, 4.69) is 9.89 Å². The van der Waals surface area contributed by atoms with Crippen LogP contribution in [0, 0.1) is 0 Å². The van der Waals surface area contributed by atoms with Crippen LogP contribution in [0.5, 0.6) is 5.75 Å². The van der Waals surface area contributed by atoms with E-state index >= 15 is 0 Å². The van der Waals surface area contributed by atoms with Crippen molar-refractivity contribution in [2.24, 2.45) is 4.99 Å². The molecule has 23 heavy (non-hydrogen) atoms. The van der Waals surface area contributed by atoms with Crippen LogP contribution in [0.3, 0.4) is 0 Å². The van der Waals surface area contributed by atoms with E-state index in [1.807, 2.05) is 24.3 Å². The van der Waals surface area contributed by atoms with Crippen molar-refractivity contribution >= 4 is 32.5 Å². The lowest BCUT2D eigenvalue weighted by molar-refractivity contribution is 0.219. The molecule has 2 aliphatic heterocycles. The number of rotatable bonds is 5. The molecule has 126 valence electrons. The second-order valence-corrected chi connectivity index (χ2v) is 8.75. The quantitative estimate of drug-likeness (QED) is 0.743. The smallest absolute Gasteiger partial charge is 0.164 e. The molecule has 3 rings (SSSR count). The molecular weight excluding hydrogens is 336 g/mol. The second-order valence-electron chi connectivity index (χ2n) is 5.53. The summed E-state index contributed by atoms with van der Waals surface area (Å²) < 4.78 is 34.2. The van der Waals surface area contributed by atoms with Crippen molar-refractivity contribution in [2.75, 3.05) is 43.0 Å². The van der Waals surface area contributed by atoms with E-state index in [0.29, 0.717) is 6.61 Å². The summed E-state index contributed by atoms with van der Waals surface area (Å²) in [5.41, 5.74) is 0.944. The Labute approximate surface area is 140 Å². The monoisotopic (exact) mass is 356 g/mol. The van der Waals surface area contributed by atoms with E-state index in [4.69, 9.17) is 9.47 Å². The number of anilines is 1. The SMILES string of the molecule is COCCSC1=NC2CS(=O)(=O)CC2N1c1ccc(OC)cc1. The van der Waals surface area contributed by atoms with Crippen LogP contribution in [-0.2, 0) is 14.6 Å². The molecular formula is C15H20N2O4S2. The van der Waals surface area contributed by atoms with E-state index in [0.717, 1.165) is 22.4 Å². The molecule has 6 nitrogen and oxygen atoms in total. The first-order valence-electron chi connectivity index (χ1n) is 7.37. The molecule has 0 amide bonds. The molecule has 1 saturated heterocycles. The molecule has 0 radical (unpaired) electrons. The maximum Gasteiger partial charge on any atom is 0.164 e. The molecule has 2 unspecified atom stereocenters. The van der Waals surface area contributed by atoms with Gasteiger partial charge in [-0.05, 0) is 24.3 Å². The predicted octanol–water partition coefficient (Wildman–Crippen LogP) is 1.42. The molecule has 0 saturated carbocycles. The highest BCUT2D eigenvalue weighted by molar-refractivity contribution is 8.14. The summed E-state index contributed by atoms with van der Waals surface area (Å²) in [6, 6.07) is 7.36. The number of hydrogen-bond acceptors (Lipinski definition) is 7. The van der Waals surface area contributed by atoms with E-state index in [-0.39, 0.29) is 23.6 Å². The molecule has 1 aromatic rings. The highest BCUT2D eigenvalue weighted by Crippen LogP contribution is 2.35. The number of nitrogens with zero attached hydrogens (tertiary/aromatic N) is 2. The third kappa shape index (κ3) is 3.49. The molecule has 8 heteroatoms. The Morgan fingerprint density at radius 2 is 2.00 bits per heavy atom. The van der Waals surface area contributed by atoms with Gasteiger partial charge in [0.05, 0.1) is 37.3 Å². The van der Waals surface area contributed by atoms with E-state index in [1.54, 1.807) is 26.0 Å². The molecule has 0 aromatic heterocycles. The fourth-order valence-electron chi connectivity index (χ4n) is 2.89. The number of hydrogen-bond donors (Lipinski definition) is 0. The van der Waals surface area contributed by atoms with Crippen LogP contribution in [0.25, 0.3) is 0 Å². The van der Waals surface area contributed by atoms with Gasteiger partial charge >= 0.3 is 0 Å². The van der Waals surface area contributed by atoms with E-state index in [1.165, 1.54) is 0 Å². The Hall–Kier alpha value is -1.25. The molecule has 1 fully saturated rings. The van der Waals surface area contributed by atoms with Crippen molar-refractivity contribution in [1.29, 1.82) is 0 Å². The van der Waals surface area contributed by atoms with E-state index < -0.39 is 9.84 Å². The van der Waals surface area contributed by atoms with Crippen LogP contribution < -0.4 is 9.64 Å². The van der Waals surface area contributed by atoms with Crippen molar-refractivity contribution in [3.8, 4) is 5.75 Å². The Kier molecular flexibility index (Phi) is 4.84. The normalized spacial score (nSPS) is 25.3. The molecule has 0 bridgehead atoms. The van der Waals surface area contributed by atoms with Crippen molar-refractivity contribution < 1.29 is 17.9 Å². The van der Waals surface area contributed by atoms with Crippen LogP contribution in [-0.4, -0.2) is 63.8 Å². The third-order valence-electron chi connectivity index (χ3n) is 3.98. The maximum atomic E-state index is 11.9. The number of aliphatic imine (C=N–C) groups is 1. The minimum atomic E-state index is -3.02. The van der Waals surface area contributed by atoms with Crippen LogP contribution in [0.1, 0.15) is 0 Å². The first-order valence-corrected chi connectivity index (χ1v) is 10.2. The molecule has 0 N–H and O–H groups in total. The lowest BCUT2D eigenvalue weighted by Crippen LogP contribution is -2.39. The number of benzene rings is 1. The topological polar surface area (TPSA) is 68.2 Å². The van der Waals surface area contributed by atoms with Gasteiger partial charge in [0.2, 0.25) is 0 Å². The van der Waals surface area contributed by atoms with Crippen molar-refractivity contribution in [1.82, 2.24) is 0 Å². The second kappa shape index (κ2) is 6.70. The largest absolute Gasteiger partial charge is 0.497 e. The summed E-state index contributed by atoms with van der Waals surface area (Å²) in [5.74, 6) is 1.85. The minimum absolute atomic E-state index is 0.113. The Morgan fingerprint density at radius 3 is 2.65 bits per heavy atom. The first-order chi connectivity index (χ1) is 11.0. The van der Waals surface area contributed by atoms with Crippen molar-refractivity contribution in [3.05, 3.63) is 24.3 Å². The minimum Gasteiger partial charge on any atom is -0.497 e. The number of ether oxygens (including phenoxy) is 2. The van der Waals surface area contributed by atoms with E-state index in [9.17, 15) is 8.42 Å². The molecule has 2 atom stereocenters. The molecule has 0 aliphatic carbocycles. The first kappa shape index (κ1) is 16.6. The van der Waals surface area contributed by atoms with Gasteiger partial charge in [0.25, 0.3) is 0 Å². The van der Waals surface area contributed by atoms with Crippen LogP contribution in [0.15, 0.2) is 29.3 Å². The summed E-state index contributed by atoms with van der Waals surface area (Å²) in [6.45, 7) is 0.633. The third-order valence-corrected chi connectivity index (χ3v) is 6.61. The van der Waals surface area contributed by atoms with Gasteiger partial charge in [0.15, 0.2) is 15.0 Å². The van der Waals surface area contributed by atoms with Gasteiger partial charge in [-0.2, -0.15) is 0 Å². The average molecular weight is 356 g/mol. The number of fused-ring (bicyclic) bond motifs is 1. The maximum absolute atomic E-state index is 11.9. The number of amidine groups is 1. The summed E-state index contributed by atoms with van der Waals surface area (Å²) in [7, 11) is 0.274. The Balaban J connectivity index is 1.87. The van der Waals surface area contributed by atoms with Crippen LogP contribution in [0.2, 0.25) is 0 Å². The van der Waals surface area contributed by atoms with Gasteiger partial charge in [-0.1, -0.05) is 11.8 Å². The lowest BCUT2D eigenvalue weighted by atomic mass is 10.1. The highest BCUT2D eigenvalue weighted by Gasteiger charge is 2.47. The zero-order chi connectivity index (χ0) is 16.4. The van der Waals surface area contributed by atoms with Gasteiger partial charge in [-0.15, -0.1) is 0 Å². The van der Waals surface area contributed by atoms with Gasteiger partial charge in [-0.25, -0.2) is 8.42 Å². The fraction of sp³-hybridized carbons (Fsp3) is 0.533. The summed E-state index contributed by atoms with van der Waals surface area (Å²) in [4.78, 5) is 6.71. The highest BCUT2D eigenvalue weighted by atomic mass is 32.2. The van der Waals surface area contributed by atoms with Gasteiger partial charge in [0, 0.05) is 18.6 Å². The summed E-state index contributed by atoms with van der Waals surface area (Å²) in [6.07, 6.45) is 0. The van der Waals surface area contributed by atoms with Crippen LogP contribution >= 0.6 is 11.8 Å². The fourth-order valence-corrected chi connectivity index (χ4v) is 5.76. The molecule has 1 aromatic carbocycles. The average Bonchev–Trinajstić information content (AvgIpc) is 2.99. The van der Waals surface area contributed by atoms with Crippen molar-refractivity contribution in [3.63, 3.8) is 0 Å². The predicted molar refractivity (Wildman–Crippen MR) is 93.5 cm³/mol. The summed E-state index contributed by atoms with van der Waals surface area (Å²) in [5, 5.41) is 0.872. The standard InChI is InChI=1S/C15H20N2O4S2/c1-20-7-8-22-15-16-13-9-23(18,19)10-14(13)17(15)11-3-5-12(21-2)6-4-11/h3-6,13-14H,7-10H2,1-2H3. The Morgan fingerprint density at radius 1 is 1.26 bits per heavy atom. The Bertz CT molecular complexity index is 688. The molecule has 0 spiro atoms. The van der Waals surface area contributed by atoms with Crippen LogP contribution in [0.4, 0.5) is 5.69 Å². The molecule has 2 aliphatic rings. The number of thioether (sulfide) groups is 1. The number of sulfone groups is 1. The van der Waals surface area contributed by atoms with Gasteiger partial charge in [0.1, 0.15) is 5.75 Å². The lowest BCUT2D eigenvalue weighted by Gasteiger charge is -2.26. The molecule has 2 heterocycles. The zero-order valence-electron chi connectivity index (χ0n) is 13.1. The zero-order valence-corrected chi connectivity index (χ0v) is 14.8. The van der Waals surface area contributed by atoms with Crippen molar-refractivity contribution in [2.45, 2.75) is 12.1 Å².